The van der Waals surface area contributed by atoms with Crippen LogP contribution in [0, 0.1) is 12.3 Å². The molecule has 0 unspecified atom stereocenters. The molecule has 0 bridgehead atoms. The average Bonchev–Trinajstić information content (AvgIpc) is 2.30. The highest BCUT2D eigenvalue weighted by Crippen LogP contribution is 2.20. The molecule has 0 saturated heterocycles. The standard InChI is InChI=1S/C12H13ClN2O2/c1-2-3-4-5-6-14-11-10(13)7-9(8-15-11)12(16)17/h1,7-8H,3-6H2,(H,14,15)(H,16,17). The van der Waals surface area contributed by atoms with Crippen molar-refractivity contribution in [3.8, 4) is 12.3 Å². The largest absolute Gasteiger partial charge is 0.478 e. The van der Waals surface area contributed by atoms with Crippen molar-refractivity contribution >= 4 is 23.4 Å². The molecular formula is C12H13ClN2O2. The highest BCUT2D eigenvalue weighted by atomic mass is 35.5. The Kier molecular flexibility index (Phi) is 5.31. The molecule has 0 aliphatic carbocycles. The zero-order chi connectivity index (χ0) is 12.7. The Bertz CT molecular complexity index is 441. The molecule has 0 fully saturated rings. The van der Waals surface area contributed by atoms with Crippen LogP contribution >= 0.6 is 11.6 Å². The minimum atomic E-state index is -1.04. The molecule has 0 atom stereocenters. The number of terminal acetylenes is 1. The summed E-state index contributed by atoms with van der Waals surface area (Å²) < 4.78 is 0. The highest BCUT2D eigenvalue weighted by molar-refractivity contribution is 6.33. The summed E-state index contributed by atoms with van der Waals surface area (Å²) in [7, 11) is 0. The number of carboxylic acid groups (broad SMARTS) is 1. The first-order valence-electron chi connectivity index (χ1n) is 5.21. The number of carbonyl (C=O) groups is 1. The summed E-state index contributed by atoms with van der Waals surface area (Å²) >= 11 is 5.89. The van der Waals surface area contributed by atoms with Crippen molar-refractivity contribution in [3.05, 3.63) is 22.8 Å². The fraction of sp³-hybridized carbons (Fsp3) is 0.333. The molecule has 4 nitrogen and oxygen atoms in total. The van der Waals surface area contributed by atoms with Gasteiger partial charge in [0, 0.05) is 19.2 Å². The van der Waals surface area contributed by atoms with Crippen molar-refractivity contribution < 1.29 is 9.90 Å². The van der Waals surface area contributed by atoms with Crippen LogP contribution in [0.4, 0.5) is 5.82 Å². The maximum atomic E-state index is 10.7. The lowest BCUT2D eigenvalue weighted by atomic mass is 10.2. The van der Waals surface area contributed by atoms with E-state index in [4.69, 9.17) is 23.1 Å². The molecule has 90 valence electrons. The summed E-state index contributed by atoms with van der Waals surface area (Å²) in [6.45, 7) is 0.709. The van der Waals surface area contributed by atoms with E-state index in [2.05, 4.69) is 16.2 Å². The van der Waals surface area contributed by atoms with Crippen molar-refractivity contribution in [3.63, 3.8) is 0 Å². The predicted octanol–water partition coefficient (Wildman–Crippen LogP) is 2.65. The minimum absolute atomic E-state index is 0.0767. The van der Waals surface area contributed by atoms with Crippen LogP contribution in [-0.2, 0) is 0 Å². The molecule has 0 aliphatic heterocycles. The molecule has 0 amide bonds. The van der Waals surface area contributed by atoms with Gasteiger partial charge in [0.1, 0.15) is 5.82 Å². The number of rotatable bonds is 6. The van der Waals surface area contributed by atoms with Gasteiger partial charge in [0.25, 0.3) is 0 Å². The molecule has 0 spiro atoms. The number of halogens is 1. The number of hydrogen-bond donors (Lipinski definition) is 2. The van der Waals surface area contributed by atoms with Crippen LogP contribution in [0.25, 0.3) is 0 Å². The van der Waals surface area contributed by atoms with E-state index in [9.17, 15) is 4.79 Å². The minimum Gasteiger partial charge on any atom is -0.478 e. The van der Waals surface area contributed by atoms with Crippen LogP contribution in [0.2, 0.25) is 5.02 Å². The van der Waals surface area contributed by atoms with Crippen molar-refractivity contribution in [2.24, 2.45) is 0 Å². The third-order valence-corrected chi connectivity index (χ3v) is 2.42. The normalized spacial score (nSPS) is 9.65. The first-order valence-corrected chi connectivity index (χ1v) is 5.59. The Balaban J connectivity index is 2.50. The summed E-state index contributed by atoms with van der Waals surface area (Å²) in [6, 6.07) is 1.38. The zero-order valence-corrected chi connectivity index (χ0v) is 10.00. The van der Waals surface area contributed by atoms with E-state index in [0.717, 1.165) is 19.3 Å². The molecular weight excluding hydrogens is 240 g/mol. The summed E-state index contributed by atoms with van der Waals surface area (Å²) in [6.07, 6.45) is 9.02. The van der Waals surface area contributed by atoms with Gasteiger partial charge in [0.05, 0.1) is 10.6 Å². The van der Waals surface area contributed by atoms with Gasteiger partial charge >= 0.3 is 5.97 Å². The van der Waals surface area contributed by atoms with Crippen molar-refractivity contribution in [2.45, 2.75) is 19.3 Å². The van der Waals surface area contributed by atoms with E-state index in [0.29, 0.717) is 17.4 Å². The lowest BCUT2D eigenvalue weighted by Gasteiger charge is -2.07. The lowest BCUT2D eigenvalue weighted by Crippen LogP contribution is -2.05. The fourth-order valence-electron chi connectivity index (χ4n) is 1.24. The van der Waals surface area contributed by atoms with Gasteiger partial charge in [-0.25, -0.2) is 9.78 Å². The SMILES string of the molecule is C#CCCCCNc1ncc(C(=O)O)cc1Cl. The lowest BCUT2D eigenvalue weighted by molar-refractivity contribution is 0.0696. The molecule has 1 aromatic rings. The molecule has 0 radical (unpaired) electrons. The second kappa shape index (κ2) is 6.77. The van der Waals surface area contributed by atoms with Gasteiger partial charge in [0.15, 0.2) is 0 Å². The van der Waals surface area contributed by atoms with Crippen molar-refractivity contribution in [2.75, 3.05) is 11.9 Å². The smallest absolute Gasteiger partial charge is 0.337 e. The molecule has 2 N–H and O–H groups in total. The van der Waals surface area contributed by atoms with Gasteiger partial charge < -0.3 is 10.4 Å². The van der Waals surface area contributed by atoms with Gasteiger partial charge in [0.2, 0.25) is 0 Å². The first kappa shape index (κ1) is 13.3. The van der Waals surface area contributed by atoms with E-state index in [-0.39, 0.29) is 5.56 Å². The number of hydrogen-bond acceptors (Lipinski definition) is 3. The van der Waals surface area contributed by atoms with Gasteiger partial charge in [-0.2, -0.15) is 0 Å². The van der Waals surface area contributed by atoms with Gasteiger partial charge in [-0.05, 0) is 18.9 Å². The maximum absolute atomic E-state index is 10.7. The third kappa shape index (κ3) is 4.33. The van der Waals surface area contributed by atoms with Crippen LogP contribution in [-0.4, -0.2) is 22.6 Å². The molecule has 0 saturated carbocycles. The molecule has 17 heavy (non-hydrogen) atoms. The fourth-order valence-corrected chi connectivity index (χ4v) is 1.48. The van der Waals surface area contributed by atoms with E-state index in [1.807, 2.05) is 0 Å². The Morgan fingerprint density at radius 2 is 2.35 bits per heavy atom. The van der Waals surface area contributed by atoms with Crippen molar-refractivity contribution in [1.29, 1.82) is 0 Å². The summed E-state index contributed by atoms with van der Waals surface area (Å²) in [5.41, 5.74) is 0.0767. The Labute approximate surface area is 105 Å². The Hall–Kier alpha value is -1.73. The zero-order valence-electron chi connectivity index (χ0n) is 9.24. The molecule has 1 rings (SSSR count). The second-order valence-electron chi connectivity index (χ2n) is 3.45. The quantitative estimate of drug-likeness (QED) is 0.604. The number of nitrogens with zero attached hydrogens (tertiary/aromatic N) is 1. The van der Waals surface area contributed by atoms with Crippen LogP contribution in [0.1, 0.15) is 29.6 Å². The summed E-state index contributed by atoms with van der Waals surface area (Å²) in [5, 5.41) is 12.1. The Morgan fingerprint density at radius 3 is 2.94 bits per heavy atom. The summed E-state index contributed by atoms with van der Waals surface area (Å²) in [5.74, 6) is 2.02. The molecule has 5 heteroatoms. The number of pyridine rings is 1. The molecule has 1 aromatic heterocycles. The van der Waals surface area contributed by atoms with E-state index < -0.39 is 5.97 Å². The first-order chi connectivity index (χ1) is 8.15. The predicted molar refractivity (Wildman–Crippen MR) is 67.4 cm³/mol. The maximum Gasteiger partial charge on any atom is 0.337 e. The monoisotopic (exact) mass is 252 g/mol. The van der Waals surface area contributed by atoms with Gasteiger partial charge in [-0.3, -0.25) is 0 Å². The van der Waals surface area contributed by atoms with Crippen LogP contribution in [0.3, 0.4) is 0 Å². The number of nitrogens with one attached hydrogen (secondary N) is 1. The molecule has 0 aliphatic rings. The van der Waals surface area contributed by atoms with E-state index >= 15 is 0 Å². The van der Waals surface area contributed by atoms with E-state index in [1.54, 1.807) is 0 Å². The number of carboxylic acids is 1. The number of unbranched alkanes of at least 4 members (excludes halogenated alkanes) is 2. The number of aromatic nitrogens is 1. The number of aromatic carboxylic acids is 1. The summed E-state index contributed by atoms with van der Waals surface area (Å²) in [4.78, 5) is 14.6. The topological polar surface area (TPSA) is 62.2 Å². The highest BCUT2D eigenvalue weighted by Gasteiger charge is 2.07. The van der Waals surface area contributed by atoms with Crippen molar-refractivity contribution in [1.82, 2.24) is 4.98 Å². The number of anilines is 1. The van der Waals surface area contributed by atoms with Gasteiger partial charge in [-0.15, -0.1) is 12.3 Å². The van der Waals surface area contributed by atoms with Crippen LogP contribution < -0.4 is 5.32 Å². The molecule has 1 heterocycles. The molecule has 0 aromatic carbocycles. The Morgan fingerprint density at radius 1 is 1.59 bits per heavy atom. The van der Waals surface area contributed by atoms with E-state index in [1.165, 1.54) is 12.3 Å². The average molecular weight is 253 g/mol. The second-order valence-corrected chi connectivity index (χ2v) is 3.85. The van der Waals surface area contributed by atoms with Crippen LogP contribution in [0.15, 0.2) is 12.3 Å². The van der Waals surface area contributed by atoms with Gasteiger partial charge in [-0.1, -0.05) is 11.6 Å². The van der Waals surface area contributed by atoms with Crippen LogP contribution in [0.5, 0.6) is 0 Å². The third-order valence-electron chi connectivity index (χ3n) is 2.13.